The van der Waals surface area contributed by atoms with Gasteiger partial charge in [-0.2, -0.15) is 9.97 Å². The fourth-order valence-electron chi connectivity index (χ4n) is 6.68. The summed E-state index contributed by atoms with van der Waals surface area (Å²) < 4.78 is 4.67. The Kier molecular flexibility index (Phi) is 5.56. The molecule has 0 saturated heterocycles. The minimum absolute atomic E-state index is 0.600. The van der Waals surface area contributed by atoms with Crippen molar-refractivity contribution in [1.29, 1.82) is 0 Å². The molecule has 44 heavy (non-hydrogen) atoms. The van der Waals surface area contributed by atoms with Crippen LogP contribution in [0.1, 0.15) is 12.8 Å². The van der Waals surface area contributed by atoms with Gasteiger partial charge in [0.05, 0.1) is 16.6 Å². The Hall–Kier alpha value is -5.81. The van der Waals surface area contributed by atoms with Crippen molar-refractivity contribution >= 4 is 44.9 Å². The van der Waals surface area contributed by atoms with Crippen LogP contribution in [0.25, 0.3) is 79.3 Å². The summed E-state index contributed by atoms with van der Waals surface area (Å²) in [5, 5.41) is 6.10. The average molecular weight is 566 g/mol. The van der Waals surface area contributed by atoms with Crippen LogP contribution in [0.15, 0.2) is 127 Å². The van der Waals surface area contributed by atoms with Gasteiger partial charge in [0, 0.05) is 43.5 Å². The molecule has 0 aliphatic heterocycles. The summed E-state index contributed by atoms with van der Waals surface area (Å²) in [6.07, 6.45) is 6.83. The van der Waals surface area contributed by atoms with Crippen LogP contribution in [-0.2, 0) is 0 Å². The Morgan fingerprint density at radius 2 is 1.02 bits per heavy atom. The van der Waals surface area contributed by atoms with E-state index in [4.69, 9.17) is 15.0 Å². The second-order valence-corrected chi connectivity index (χ2v) is 11.2. The molecule has 208 valence electrons. The van der Waals surface area contributed by atoms with Crippen molar-refractivity contribution in [2.45, 2.75) is 12.8 Å². The molecular formula is C39H27N5. The zero-order chi connectivity index (χ0) is 29.0. The summed E-state index contributed by atoms with van der Waals surface area (Å²) in [4.78, 5) is 15.3. The second kappa shape index (κ2) is 9.89. The first-order chi connectivity index (χ1) is 21.8. The highest BCUT2D eigenvalue weighted by Crippen LogP contribution is 2.36. The minimum Gasteiger partial charge on any atom is -0.308 e. The lowest BCUT2D eigenvalue weighted by molar-refractivity contribution is 0.951. The SMILES string of the molecule is C1=c2c(n(-c3ccccc3)c3c2ccc2c4ccccc4n(-c4nc(-c5ccccc5)nc(-c5ccccc5)n4)c23)=CCC1. The van der Waals surface area contributed by atoms with Crippen LogP contribution in [0.5, 0.6) is 0 Å². The van der Waals surface area contributed by atoms with Crippen molar-refractivity contribution < 1.29 is 0 Å². The second-order valence-electron chi connectivity index (χ2n) is 11.2. The summed E-state index contributed by atoms with van der Waals surface area (Å²) >= 11 is 0. The molecule has 8 aromatic rings. The molecule has 0 saturated carbocycles. The van der Waals surface area contributed by atoms with Crippen molar-refractivity contribution in [3.8, 4) is 34.4 Å². The predicted octanol–water partition coefficient (Wildman–Crippen LogP) is 7.60. The van der Waals surface area contributed by atoms with E-state index in [9.17, 15) is 0 Å². The van der Waals surface area contributed by atoms with Crippen molar-refractivity contribution in [2.24, 2.45) is 0 Å². The van der Waals surface area contributed by atoms with Gasteiger partial charge >= 0.3 is 0 Å². The van der Waals surface area contributed by atoms with E-state index in [1.165, 1.54) is 26.7 Å². The summed E-state index contributed by atoms with van der Waals surface area (Å²) in [7, 11) is 0. The molecule has 3 aromatic heterocycles. The largest absolute Gasteiger partial charge is 0.308 e. The van der Waals surface area contributed by atoms with Crippen LogP contribution in [0.4, 0.5) is 0 Å². The van der Waals surface area contributed by atoms with Gasteiger partial charge in [0.25, 0.3) is 0 Å². The quantitative estimate of drug-likeness (QED) is 0.221. The highest BCUT2D eigenvalue weighted by molar-refractivity contribution is 6.18. The van der Waals surface area contributed by atoms with E-state index in [0.29, 0.717) is 17.6 Å². The maximum absolute atomic E-state index is 5.18. The summed E-state index contributed by atoms with van der Waals surface area (Å²) in [5.41, 5.74) is 6.35. The highest BCUT2D eigenvalue weighted by atomic mass is 15.2. The van der Waals surface area contributed by atoms with Crippen molar-refractivity contribution in [1.82, 2.24) is 24.1 Å². The number of hydrogen-bond donors (Lipinski definition) is 0. The van der Waals surface area contributed by atoms with E-state index >= 15 is 0 Å². The standard InChI is InChI=1S/C39H27N5/c1-4-14-26(15-5-1)37-40-38(27-16-6-2-7-17-27)42-39(41-37)44-34-23-13-11-21-30(34)32-25-24-31-29-20-10-12-22-33(29)43(35(31)36(32)44)28-18-8-3-9-19-28/h1-9,11,13-25H,10,12H2. The van der Waals surface area contributed by atoms with Crippen LogP contribution < -0.4 is 10.6 Å². The maximum atomic E-state index is 5.18. The predicted molar refractivity (Wildman–Crippen MR) is 179 cm³/mol. The average Bonchev–Trinajstić information content (AvgIpc) is 3.62. The van der Waals surface area contributed by atoms with Gasteiger partial charge in [-0.15, -0.1) is 0 Å². The molecule has 0 amide bonds. The van der Waals surface area contributed by atoms with E-state index in [1.54, 1.807) is 0 Å². The van der Waals surface area contributed by atoms with Gasteiger partial charge in [0.1, 0.15) is 0 Å². The first-order valence-corrected chi connectivity index (χ1v) is 15.0. The van der Waals surface area contributed by atoms with Gasteiger partial charge in [0.15, 0.2) is 11.6 Å². The summed E-state index contributed by atoms with van der Waals surface area (Å²) in [6, 6.07) is 44.2. The van der Waals surface area contributed by atoms with Gasteiger partial charge in [-0.05, 0) is 31.0 Å². The van der Waals surface area contributed by atoms with Gasteiger partial charge < -0.3 is 4.57 Å². The van der Waals surface area contributed by atoms with Gasteiger partial charge in [-0.3, -0.25) is 4.57 Å². The molecule has 0 spiro atoms. The van der Waals surface area contributed by atoms with E-state index in [2.05, 4.69) is 112 Å². The Balaban J connectivity index is 1.48. The molecule has 5 aromatic carbocycles. The molecule has 1 aliphatic rings. The first-order valence-electron chi connectivity index (χ1n) is 15.0. The van der Waals surface area contributed by atoms with E-state index < -0.39 is 0 Å². The third kappa shape index (κ3) is 3.76. The molecule has 0 radical (unpaired) electrons. The molecule has 0 unspecified atom stereocenters. The Morgan fingerprint density at radius 1 is 0.455 bits per heavy atom. The van der Waals surface area contributed by atoms with E-state index in [-0.39, 0.29) is 0 Å². The van der Waals surface area contributed by atoms with E-state index in [1.807, 2.05) is 36.4 Å². The number of rotatable bonds is 4. The number of fused-ring (bicyclic) bond motifs is 7. The van der Waals surface area contributed by atoms with Gasteiger partial charge in [-0.25, -0.2) is 4.98 Å². The van der Waals surface area contributed by atoms with Crippen LogP contribution in [0, 0.1) is 0 Å². The molecule has 0 atom stereocenters. The first kappa shape index (κ1) is 24.8. The van der Waals surface area contributed by atoms with Crippen molar-refractivity contribution in [2.75, 3.05) is 0 Å². The minimum atomic E-state index is 0.600. The van der Waals surface area contributed by atoms with Crippen LogP contribution in [-0.4, -0.2) is 24.1 Å². The third-order valence-corrected chi connectivity index (χ3v) is 8.60. The Labute approximate surface area is 253 Å². The monoisotopic (exact) mass is 565 g/mol. The lowest BCUT2D eigenvalue weighted by atomic mass is 10.1. The number of hydrogen-bond acceptors (Lipinski definition) is 3. The van der Waals surface area contributed by atoms with E-state index in [0.717, 1.165) is 46.2 Å². The highest BCUT2D eigenvalue weighted by Gasteiger charge is 2.23. The van der Waals surface area contributed by atoms with Crippen LogP contribution in [0.2, 0.25) is 0 Å². The fraction of sp³-hybridized carbons (Fsp3) is 0.0513. The number of benzene rings is 5. The molecule has 0 fully saturated rings. The summed E-state index contributed by atoms with van der Waals surface area (Å²) in [5.74, 6) is 1.89. The molecule has 5 nitrogen and oxygen atoms in total. The third-order valence-electron chi connectivity index (χ3n) is 8.60. The zero-order valence-corrected chi connectivity index (χ0v) is 23.9. The smallest absolute Gasteiger partial charge is 0.238 e. The van der Waals surface area contributed by atoms with Crippen LogP contribution >= 0.6 is 0 Å². The molecule has 5 heteroatoms. The Bertz CT molecular complexity index is 2420. The lowest BCUT2D eigenvalue weighted by Crippen LogP contribution is -2.30. The molecule has 0 bridgehead atoms. The normalized spacial score (nSPS) is 12.7. The molecule has 9 rings (SSSR count). The molecule has 3 heterocycles. The van der Waals surface area contributed by atoms with Crippen LogP contribution in [0.3, 0.4) is 0 Å². The lowest BCUT2D eigenvalue weighted by Gasteiger charge is -2.13. The number of nitrogens with zero attached hydrogens (tertiary/aromatic N) is 5. The number of aromatic nitrogens is 5. The van der Waals surface area contributed by atoms with Crippen molar-refractivity contribution in [3.63, 3.8) is 0 Å². The van der Waals surface area contributed by atoms with Crippen molar-refractivity contribution in [3.05, 3.63) is 138 Å². The zero-order valence-electron chi connectivity index (χ0n) is 23.9. The fourth-order valence-corrected chi connectivity index (χ4v) is 6.68. The molecular weight excluding hydrogens is 538 g/mol. The topological polar surface area (TPSA) is 48.5 Å². The van der Waals surface area contributed by atoms with Gasteiger partial charge in [0.2, 0.25) is 5.95 Å². The molecule has 0 N–H and O–H groups in total. The Morgan fingerprint density at radius 3 is 1.73 bits per heavy atom. The molecule has 1 aliphatic carbocycles. The summed E-state index contributed by atoms with van der Waals surface area (Å²) in [6.45, 7) is 0. The number of para-hydroxylation sites is 2. The maximum Gasteiger partial charge on any atom is 0.238 e. The van der Waals surface area contributed by atoms with Gasteiger partial charge in [-0.1, -0.05) is 121 Å².